The number of imidazole rings is 1. The average molecular weight is 482 g/mol. The van der Waals surface area contributed by atoms with E-state index < -0.39 is 14.2 Å². The van der Waals surface area contributed by atoms with Crippen molar-refractivity contribution in [2.45, 2.75) is 64.4 Å². The molecule has 1 amide bonds. The lowest BCUT2D eigenvalue weighted by Gasteiger charge is -2.39. The van der Waals surface area contributed by atoms with Crippen LogP contribution < -0.4 is 10.5 Å². The van der Waals surface area contributed by atoms with E-state index in [2.05, 4.69) is 54.8 Å². The van der Waals surface area contributed by atoms with E-state index in [0.29, 0.717) is 13.2 Å². The van der Waals surface area contributed by atoms with Crippen molar-refractivity contribution in [3.8, 4) is 5.75 Å². The molecule has 1 atom stereocenters. The van der Waals surface area contributed by atoms with Gasteiger partial charge in [-0.05, 0) is 49.2 Å². The molecular weight excluding hydrogens is 450 g/mol. The standard InChI is InChI=1S/C21H32BrN3O3Si/c1-21(2,3)29(4,5)28-18(13-25-14-19(20(23)26)24-15-25)10-7-11-27-17-9-6-8-16(22)12-17/h6,8-9,12,14-15,18H,7,10-11,13H2,1-5H3,(H2,23,26). The molecule has 0 aliphatic carbocycles. The number of halogens is 1. The summed E-state index contributed by atoms with van der Waals surface area (Å²) in [6.07, 6.45) is 5.05. The fourth-order valence-electron chi connectivity index (χ4n) is 2.66. The van der Waals surface area contributed by atoms with E-state index in [-0.39, 0.29) is 16.8 Å². The summed E-state index contributed by atoms with van der Waals surface area (Å²) in [5.74, 6) is 0.329. The van der Waals surface area contributed by atoms with Crippen LogP contribution in [0.3, 0.4) is 0 Å². The molecule has 0 fully saturated rings. The Bertz CT molecular complexity index is 817. The van der Waals surface area contributed by atoms with Gasteiger partial charge in [0.05, 0.1) is 19.0 Å². The van der Waals surface area contributed by atoms with E-state index in [4.69, 9.17) is 14.9 Å². The molecule has 0 aliphatic heterocycles. The van der Waals surface area contributed by atoms with E-state index >= 15 is 0 Å². The summed E-state index contributed by atoms with van der Waals surface area (Å²) in [4.78, 5) is 15.4. The number of rotatable bonds is 10. The predicted octanol–water partition coefficient (Wildman–Crippen LogP) is 4.99. The predicted molar refractivity (Wildman–Crippen MR) is 122 cm³/mol. The second-order valence-electron chi connectivity index (χ2n) is 8.77. The largest absolute Gasteiger partial charge is 0.494 e. The van der Waals surface area contributed by atoms with Crippen molar-refractivity contribution < 1.29 is 14.0 Å². The number of hydrogen-bond donors (Lipinski definition) is 1. The van der Waals surface area contributed by atoms with Crippen molar-refractivity contribution >= 4 is 30.2 Å². The van der Waals surface area contributed by atoms with Gasteiger partial charge in [-0.15, -0.1) is 0 Å². The minimum absolute atomic E-state index is 0.0110. The number of primary amides is 1. The van der Waals surface area contributed by atoms with Gasteiger partial charge in [0.15, 0.2) is 8.32 Å². The Balaban J connectivity index is 2.00. The number of carbonyl (C=O) groups is 1. The maximum Gasteiger partial charge on any atom is 0.268 e. The zero-order valence-electron chi connectivity index (χ0n) is 17.9. The number of carbonyl (C=O) groups excluding carboxylic acids is 1. The third-order valence-electron chi connectivity index (χ3n) is 5.30. The Morgan fingerprint density at radius 2 is 2.07 bits per heavy atom. The highest BCUT2D eigenvalue weighted by Gasteiger charge is 2.39. The van der Waals surface area contributed by atoms with Gasteiger partial charge in [0, 0.05) is 17.2 Å². The van der Waals surface area contributed by atoms with E-state index in [1.165, 1.54) is 0 Å². The Labute approximate surface area is 183 Å². The molecule has 0 saturated heterocycles. The van der Waals surface area contributed by atoms with Gasteiger partial charge in [0.1, 0.15) is 11.4 Å². The number of benzene rings is 1. The van der Waals surface area contributed by atoms with Gasteiger partial charge >= 0.3 is 0 Å². The highest BCUT2D eigenvalue weighted by molar-refractivity contribution is 9.10. The molecule has 2 rings (SSSR count). The number of nitrogens with two attached hydrogens (primary N) is 1. The van der Waals surface area contributed by atoms with Crippen LogP contribution >= 0.6 is 15.9 Å². The molecule has 1 heterocycles. The highest BCUT2D eigenvalue weighted by atomic mass is 79.9. The Hall–Kier alpha value is -1.64. The van der Waals surface area contributed by atoms with Crippen LogP contribution in [0, 0.1) is 0 Å². The first-order valence-corrected chi connectivity index (χ1v) is 13.6. The summed E-state index contributed by atoms with van der Waals surface area (Å²) in [6.45, 7) is 12.4. The molecule has 29 heavy (non-hydrogen) atoms. The van der Waals surface area contributed by atoms with Crippen LogP contribution in [0.1, 0.15) is 44.1 Å². The fraction of sp³-hybridized carbons (Fsp3) is 0.524. The Kier molecular flexibility index (Phi) is 8.07. The first kappa shape index (κ1) is 23.6. The maximum absolute atomic E-state index is 11.3. The molecule has 2 N–H and O–H groups in total. The van der Waals surface area contributed by atoms with Gasteiger partial charge in [0.25, 0.3) is 5.91 Å². The number of hydrogen-bond acceptors (Lipinski definition) is 4. The maximum atomic E-state index is 11.3. The molecule has 2 aromatic rings. The summed E-state index contributed by atoms with van der Waals surface area (Å²) in [5.41, 5.74) is 5.59. The Morgan fingerprint density at radius 3 is 2.66 bits per heavy atom. The molecular formula is C21H32BrN3O3Si. The topological polar surface area (TPSA) is 79.4 Å². The third-order valence-corrected chi connectivity index (χ3v) is 10.3. The minimum atomic E-state index is -1.94. The van der Waals surface area contributed by atoms with E-state index in [0.717, 1.165) is 23.1 Å². The molecule has 1 unspecified atom stereocenters. The smallest absolute Gasteiger partial charge is 0.268 e. The third kappa shape index (κ3) is 7.28. The SMILES string of the molecule is CC(C)(C)[Si](C)(C)OC(CCCOc1cccc(Br)c1)Cn1cnc(C(N)=O)c1. The van der Waals surface area contributed by atoms with Crippen molar-refractivity contribution in [2.75, 3.05) is 6.61 Å². The van der Waals surface area contributed by atoms with Crippen LogP contribution in [-0.2, 0) is 11.0 Å². The lowest BCUT2D eigenvalue weighted by atomic mass is 10.2. The minimum Gasteiger partial charge on any atom is -0.494 e. The van der Waals surface area contributed by atoms with Gasteiger partial charge in [-0.25, -0.2) is 4.98 Å². The molecule has 1 aromatic heterocycles. The molecule has 0 aliphatic rings. The lowest BCUT2D eigenvalue weighted by Crippen LogP contribution is -2.45. The van der Waals surface area contributed by atoms with Crippen LogP contribution in [0.25, 0.3) is 0 Å². The molecule has 0 spiro atoms. The van der Waals surface area contributed by atoms with Crippen molar-refractivity contribution in [3.05, 3.63) is 47.0 Å². The summed E-state index contributed by atoms with van der Waals surface area (Å²) in [7, 11) is -1.94. The van der Waals surface area contributed by atoms with Crippen LogP contribution in [0.5, 0.6) is 5.75 Å². The van der Waals surface area contributed by atoms with Crippen LogP contribution in [0.15, 0.2) is 41.3 Å². The zero-order valence-corrected chi connectivity index (χ0v) is 20.5. The second kappa shape index (κ2) is 9.91. The number of aromatic nitrogens is 2. The van der Waals surface area contributed by atoms with Gasteiger partial charge in [-0.1, -0.05) is 42.8 Å². The summed E-state index contributed by atoms with van der Waals surface area (Å²) in [5, 5.41) is 0.116. The van der Waals surface area contributed by atoms with E-state index in [1.807, 2.05) is 28.8 Å². The fourth-order valence-corrected chi connectivity index (χ4v) is 4.42. The van der Waals surface area contributed by atoms with Crippen LogP contribution in [0.4, 0.5) is 0 Å². The van der Waals surface area contributed by atoms with Crippen LogP contribution in [-0.4, -0.2) is 36.5 Å². The number of amides is 1. The Morgan fingerprint density at radius 1 is 1.34 bits per heavy atom. The molecule has 0 radical (unpaired) electrons. The van der Waals surface area contributed by atoms with Gasteiger partial charge < -0.3 is 19.5 Å². The number of nitrogens with zero attached hydrogens (tertiary/aromatic N) is 2. The van der Waals surface area contributed by atoms with Gasteiger partial charge in [-0.2, -0.15) is 0 Å². The number of ether oxygens (including phenoxy) is 1. The zero-order chi connectivity index (χ0) is 21.7. The first-order chi connectivity index (χ1) is 13.5. The quantitative estimate of drug-likeness (QED) is 0.382. The molecule has 1 aromatic carbocycles. The van der Waals surface area contributed by atoms with Crippen molar-refractivity contribution in [1.29, 1.82) is 0 Å². The second-order valence-corrected chi connectivity index (χ2v) is 14.4. The highest BCUT2D eigenvalue weighted by Crippen LogP contribution is 2.38. The summed E-state index contributed by atoms with van der Waals surface area (Å²) < 4.78 is 15.4. The van der Waals surface area contributed by atoms with Crippen LogP contribution in [0.2, 0.25) is 18.1 Å². The van der Waals surface area contributed by atoms with Crippen molar-refractivity contribution in [3.63, 3.8) is 0 Å². The molecule has 160 valence electrons. The molecule has 0 bridgehead atoms. The van der Waals surface area contributed by atoms with E-state index in [1.54, 1.807) is 12.5 Å². The summed E-state index contributed by atoms with van der Waals surface area (Å²) in [6, 6.07) is 7.84. The molecule has 0 saturated carbocycles. The average Bonchev–Trinajstić information content (AvgIpc) is 3.06. The van der Waals surface area contributed by atoms with Crippen molar-refractivity contribution in [2.24, 2.45) is 5.73 Å². The molecule has 6 nitrogen and oxygen atoms in total. The van der Waals surface area contributed by atoms with Gasteiger partial charge in [-0.3, -0.25) is 4.79 Å². The van der Waals surface area contributed by atoms with Gasteiger partial charge in [0.2, 0.25) is 0 Å². The first-order valence-electron chi connectivity index (χ1n) is 9.86. The van der Waals surface area contributed by atoms with Crippen molar-refractivity contribution in [1.82, 2.24) is 9.55 Å². The van der Waals surface area contributed by atoms with E-state index in [9.17, 15) is 4.79 Å². The lowest BCUT2D eigenvalue weighted by molar-refractivity contribution is 0.0995. The monoisotopic (exact) mass is 481 g/mol. The normalized spacial score (nSPS) is 13.3. The summed E-state index contributed by atoms with van der Waals surface area (Å²) >= 11 is 3.46. The molecule has 8 heteroatoms.